The van der Waals surface area contributed by atoms with Crippen molar-refractivity contribution >= 4 is 17.6 Å². The van der Waals surface area contributed by atoms with Gasteiger partial charge in [-0.2, -0.15) is 0 Å². The molecule has 2 rings (SSSR count). The molecule has 1 aliphatic heterocycles. The molecule has 0 aromatic heterocycles. The summed E-state index contributed by atoms with van der Waals surface area (Å²) in [5.41, 5.74) is 0.899. The highest BCUT2D eigenvalue weighted by Crippen LogP contribution is 2.14. The lowest BCUT2D eigenvalue weighted by atomic mass is 10.1. The fraction of sp³-hybridized carbons (Fsp3) is 0.562. The highest BCUT2D eigenvalue weighted by atomic mass is 35.5. The Morgan fingerprint density at radius 3 is 2.81 bits per heavy atom. The van der Waals surface area contributed by atoms with E-state index < -0.39 is 6.10 Å². The summed E-state index contributed by atoms with van der Waals surface area (Å²) < 4.78 is 16.3. The molecular weight excluding hydrogens is 292 g/mol. The number of hydrogen-bond acceptors (Lipinski definition) is 4. The number of carbonyl (C=O) groups is 1. The molecule has 0 amide bonds. The Kier molecular flexibility index (Phi) is 6.49. The second kappa shape index (κ2) is 8.37. The maximum atomic E-state index is 11.8. The van der Waals surface area contributed by atoms with Gasteiger partial charge in [-0.15, -0.1) is 0 Å². The van der Waals surface area contributed by atoms with Crippen molar-refractivity contribution in [3.63, 3.8) is 0 Å². The third-order valence-electron chi connectivity index (χ3n) is 3.43. The zero-order chi connectivity index (χ0) is 15.1. The van der Waals surface area contributed by atoms with Gasteiger partial charge in [0.05, 0.1) is 12.7 Å². The Bertz CT molecular complexity index is 440. The first-order valence-corrected chi connectivity index (χ1v) is 7.67. The summed E-state index contributed by atoms with van der Waals surface area (Å²) in [4.78, 5) is 11.8. The number of rotatable bonds is 6. The fourth-order valence-electron chi connectivity index (χ4n) is 2.11. The van der Waals surface area contributed by atoms with Crippen molar-refractivity contribution in [2.24, 2.45) is 0 Å². The standard InChI is InChI=1S/C16H21ClO4/c1-12(20-11-15-4-2-3-9-19-15)16(18)21-10-13-5-7-14(17)8-6-13/h5-8,12,15H,2-4,9-11H2,1H3. The third-order valence-corrected chi connectivity index (χ3v) is 3.68. The van der Waals surface area contributed by atoms with Crippen LogP contribution in [-0.4, -0.2) is 31.4 Å². The maximum Gasteiger partial charge on any atom is 0.335 e. The van der Waals surface area contributed by atoms with Crippen LogP contribution in [0.4, 0.5) is 0 Å². The van der Waals surface area contributed by atoms with Crippen LogP contribution in [0.1, 0.15) is 31.7 Å². The van der Waals surface area contributed by atoms with Crippen LogP contribution in [0.15, 0.2) is 24.3 Å². The van der Waals surface area contributed by atoms with Crippen LogP contribution in [-0.2, 0) is 25.6 Å². The van der Waals surface area contributed by atoms with Crippen molar-refractivity contribution in [1.29, 1.82) is 0 Å². The Labute approximate surface area is 130 Å². The minimum Gasteiger partial charge on any atom is -0.459 e. The molecule has 1 fully saturated rings. The molecule has 2 atom stereocenters. The molecule has 4 nitrogen and oxygen atoms in total. The molecule has 0 saturated carbocycles. The predicted molar refractivity (Wildman–Crippen MR) is 80.3 cm³/mol. The van der Waals surface area contributed by atoms with Crippen molar-refractivity contribution in [1.82, 2.24) is 0 Å². The van der Waals surface area contributed by atoms with Gasteiger partial charge in [0.1, 0.15) is 6.61 Å². The van der Waals surface area contributed by atoms with Crippen molar-refractivity contribution in [3.05, 3.63) is 34.9 Å². The Balaban J connectivity index is 1.68. The minimum atomic E-state index is -0.581. The molecule has 0 spiro atoms. The fourth-order valence-corrected chi connectivity index (χ4v) is 2.24. The van der Waals surface area contributed by atoms with E-state index in [4.69, 9.17) is 25.8 Å². The largest absolute Gasteiger partial charge is 0.459 e. The predicted octanol–water partition coefficient (Wildman–Crippen LogP) is 3.36. The molecule has 0 aliphatic carbocycles. The first-order chi connectivity index (χ1) is 10.1. The molecule has 1 aromatic carbocycles. The molecule has 5 heteroatoms. The second-order valence-corrected chi connectivity index (χ2v) is 5.63. The van der Waals surface area contributed by atoms with Crippen molar-refractivity contribution in [2.45, 2.75) is 45.0 Å². The number of carbonyl (C=O) groups excluding carboxylic acids is 1. The lowest BCUT2D eigenvalue weighted by Crippen LogP contribution is -2.30. The van der Waals surface area contributed by atoms with Gasteiger partial charge in [-0.05, 0) is 43.9 Å². The third kappa shape index (κ3) is 5.65. The molecule has 0 radical (unpaired) electrons. The van der Waals surface area contributed by atoms with Gasteiger partial charge in [0.2, 0.25) is 0 Å². The van der Waals surface area contributed by atoms with Crippen LogP contribution in [0.25, 0.3) is 0 Å². The molecule has 0 bridgehead atoms. The van der Waals surface area contributed by atoms with Gasteiger partial charge >= 0.3 is 5.97 Å². The molecule has 0 N–H and O–H groups in total. The van der Waals surface area contributed by atoms with Gasteiger partial charge in [-0.25, -0.2) is 4.79 Å². The summed E-state index contributed by atoms with van der Waals surface area (Å²) in [5, 5.41) is 0.661. The lowest BCUT2D eigenvalue weighted by Gasteiger charge is -2.23. The summed E-state index contributed by atoms with van der Waals surface area (Å²) in [7, 11) is 0. The van der Waals surface area contributed by atoms with Crippen LogP contribution in [0.2, 0.25) is 5.02 Å². The summed E-state index contributed by atoms with van der Waals surface area (Å²) >= 11 is 5.80. The van der Waals surface area contributed by atoms with Crippen molar-refractivity contribution in [3.8, 4) is 0 Å². The number of benzene rings is 1. The lowest BCUT2D eigenvalue weighted by molar-refractivity contribution is -0.160. The topological polar surface area (TPSA) is 44.8 Å². The Morgan fingerprint density at radius 2 is 2.14 bits per heavy atom. The van der Waals surface area contributed by atoms with Gasteiger partial charge in [-0.3, -0.25) is 0 Å². The number of ether oxygens (including phenoxy) is 3. The van der Waals surface area contributed by atoms with Gasteiger partial charge < -0.3 is 14.2 Å². The van der Waals surface area contributed by atoms with Gasteiger partial charge in [-0.1, -0.05) is 23.7 Å². The van der Waals surface area contributed by atoms with Crippen LogP contribution in [0, 0.1) is 0 Å². The van der Waals surface area contributed by atoms with E-state index in [0.29, 0.717) is 11.6 Å². The van der Waals surface area contributed by atoms with E-state index in [1.165, 1.54) is 0 Å². The minimum absolute atomic E-state index is 0.102. The van der Waals surface area contributed by atoms with E-state index in [-0.39, 0.29) is 18.7 Å². The summed E-state index contributed by atoms with van der Waals surface area (Å²) in [6, 6.07) is 7.20. The highest BCUT2D eigenvalue weighted by molar-refractivity contribution is 6.30. The molecule has 2 unspecified atom stereocenters. The second-order valence-electron chi connectivity index (χ2n) is 5.20. The summed E-state index contributed by atoms with van der Waals surface area (Å²) in [6.45, 7) is 3.15. The Hall–Kier alpha value is -1.10. The van der Waals surface area contributed by atoms with E-state index in [2.05, 4.69) is 0 Å². The van der Waals surface area contributed by atoms with E-state index >= 15 is 0 Å². The van der Waals surface area contributed by atoms with Gasteiger partial charge in [0.15, 0.2) is 6.10 Å². The number of hydrogen-bond donors (Lipinski definition) is 0. The Morgan fingerprint density at radius 1 is 1.38 bits per heavy atom. The van der Waals surface area contributed by atoms with E-state index in [0.717, 1.165) is 31.4 Å². The highest BCUT2D eigenvalue weighted by Gasteiger charge is 2.19. The zero-order valence-corrected chi connectivity index (χ0v) is 13.0. The average molecular weight is 313 g/mol. The summed E-state index contributed by atoms with van der Waals surface area (Å²) in [5.74, 6) is -0.360. The summed E-state index contributed by atoms with van der Waals surface area (Å²) in [6.07, 6.45) is 2.78. The molecule has 21 heavy (non-hydrogen) atoms. The van der Waals surface area contributed by atoms with Crippen molar-refractivity contribution in [2.75, 3.05) is 13.2 Å². The molecule has 116 valence electrons. The van der Waals surface area contributed by atoms with E-state index in [9.17, 15) is 4.79 Å². The molecular formula is C16H21ClO4. The van der Waals surface area contributed by atoms with Crippen LogP contribution in [0.3, 0.4) is 0 Å². The average Bonchev–Trinajstić information content (AvgIpc) is 2.52. The maximum absolute atomic E-state index is 11.8. The van der Waals surface area contributed by atoms with Crippen molar-refractivity contribution < 1.29 is 19.0 Å². The van der Waals surface area contributed by atoms with E-state index in [1.54, 1.807) is 19.1 Å². The first kappa shape index (κ1) is 16.3. The van der Waals surface area contributed by atoms with Gasteiger partial charge in [0.25, 0.3) is 0 Å². The SMILES string of the molecule is CC(OCC1CCCCO1)C(=O)OCc1ccc(Cl)cc1. The first-order valence-electron chi connectivity index (χ1n) is 7.29. The molecule has 1 aromatic rings. The number of halogens is 1. The monoisotopic (exact) mass is 312 g/mol. The normalized spacial score (nSPS) is 20.0. The van der Waals surface area contributed by atoms with Crippen LogP contribution in [0.5, 0.6) is 0 Å². The zero-order valence-electron chi connectivity index (χ0n) is 12.2. The van der Waals surface area contributed by atoms with E-state index in [1.807, 2.05) is 12.1 Å². The molecule has 1 heterocycles. The smallest absolute Gasteiger partial charge is 0.335 e. The quantitative estimate of drug-likeness (QED) is 0.756. The molecule has 1 saturated heterocycles. The van der Waals surface area contributed by atoms with Crippen LogP contribution < -0.4 is 0 Å². The molecule has 1 aliphatic rings. The van der Waals surface area contributed by atoms with Gasteiger partial charge in [0, 0.05) is 11.6 Å². The van der Waals surface area contributed by atoms with Crippen LogP contribution >= 0.6 is 11.6 Å². The number of esters is 1.